The first-order valence-corrected chi connectivity index (χ1v) is 5.32. The molecule has 0 spiro atoms. The lowest BCUT2D eigenvalue weighted by Gasteiger charge is -2.39. The van der Waals surface area contributed by atoms with Gasteiger partial charge in [0.25, 0.3) is 0 Å². The van der Waals surface area contributed by atoms with Crippen LogP contribution >= 0.6 is 0 Å². The van der Waals surface area contributed by atoms with Gasteiger partial charge in [0.15, 0.2) is 0 Å². The van der Waals surface area contributed by atoms with E-state index in [0.717, 1.165) is 24.0 Å². The van der Waals surface area contributed by atoms with Gasteiger partial charge in [0.1, 0.15) is 0 Å². The summed E-state index contributed by atoms with van der Waals surface area (Å²) in [6, 6.07) is 0. The topological polar surface area (TPSA) is 20.2 Å². The van der Waals surface area contributed by atoms with Gasteiger partial charge in [-0.05, 0) is 37.7 Å². The molecule has 1 aliphatic carbocycles. The SMILES string of the molecule is C=C(C)C[C@]1(O)CCC(C)(C)C=C1C. The number of allylic oxidation sites excluding steroid dienone is 1. The van der Waals surface area contributed by atoms with Crippen LogP contribution in [0.25, 0.3) is 0 Å². The predicted octanol–water partition coefficient (Wildman–Crippen LogP) is 3.45. The molecule has 0 bridgehead atoms. The van der Waals surface area contributed by atoms with E-state index in [0.29, 0.717) is 6.42 Å². The van der Waals surface area contributed by atoms with Crippen molar-refractivity contribution in [2.45, 2.75) is 52.6 Å². The summed E-state index contributed by atoms with van der Waals surface area (Å²) in [5.41, 5.74) is 1.78. The third-order valence-corrected chi connectivity index (χ3v) is 3.12. The zero-order chi connectivity index (χ0) is 11.0. The van der Waals surface area contributed by atoms with E-state index in [4.69, 9.17) is 0 Å². The third-order valence-electron chi connectivity index (χ3n) is 3.12. The fourth-order valence-corrected chi connectivity index (χ4v) is 2.25. The zero-order valence-corrected chi connectivity index (χ0v) is 9.85. The molecular formula is C13H22O. The highest BCUT2D eigenvalue weighted by molar-refractivity contribution is 5.23. The Labute approximate surface area is 87.5 Å². The van der Waals surface area contributed by atoms with E-state index in [1.165, 1.54) is 0 Å². The Balaban J connectivity index is 2.89. The second kappa shape index (κ2) is 3.54. The van der Waals surface area contributed by atoms with Gasteiger partial charge in [-0.25, -0.2) is 0 Å². The molecule has 0 saturated carbocycles. The fraction of sp³-hybridized carbons (Fsp3) is 0.692. The Morgan fingerprint density at radius 1 is 1.50 bits per heavy atom. The van der Waals surface area contributed by atoms with Gasteiger partial charge in [-0.2, -0.15) is 0 Å². The molecule has 0 aromatic carbocycles. The van der Waals surface area contributed by atoms with Crippen molar-refractivity contribution in [1.29, 1.82) is 0 Å². The van der Waals surface area contributed by atoms with E-state index < -0.39 is 5.60 Å². The van der Waals surface area contributed by atoms with Crippen LogP contribution < -0.4 is 0 Å². The van der Waals surface area contributed by atoms with Crippen LogP contribution in [0.15, 0.2) is 23.8 Å². The lowest BCUT2D eigenvalue weighted by molar-refractivity contribution is 0.0480. The van der Waals surface area contributed by atoms with E-state index in [-0.39, 0.29) is 5.41 Å². The molecule has 0 aliphatic heterocycles. The van der Waals surface area contributed by atoms with Crippen molar-refractivity contribution in [2.24, 2.45) is 5.41 Å². The van der Waals surface area contributed by atoms with Gasteiger partial charge in [-0.15, -0.1) is 6.58 Å². The lowest BCUT2D eigenvalue weighted by atomic mass is 9.71. The molecule has 0 amide bonds. The first kappa shape index (κ1) is 11.5. The van der Waals surface area contributed by atoms with E-state index in [2.05, 4.69) is 26.5 Å². The maximum absolute atomic E-state index is 10.4. The number of aliphatic hydroxyl groups is 1. The molecule has 0 unspecified atom stereocenters. The molecule has 1 N–H and O–H groups in total. The van der Waals surface area contributed by atoms with E-state index in [9.17, 15) is 5.11 Å². The molecule has 1 nitrogen and oxygen atoms in total. The lowest BCUT2D eigenvalue weighted by Crippen LogP contribution is -2.36. The van der Waals surface area contributed by atoms with Crippen LogP contribution in [0.2, 0.25) is 0 Å². The van der Waals surface area contributed by atoms with Gasteiger partial charge in [0, 0.05) is 6.42 Å². The van der Waals surface area contributed by atoms with E-state index in [1.54, 1.807) is 0 Å². The highest BCUT2D eigenvalue weighted by Crippen LogP contribution is 2.41. The largest absolute Gasteiger partial charge is 0.385 e. The summed E-state index contributed by atoms with van der Waals surface area (Å²) in [5.74, 6) is 0. The Morgan fingerprint density at radius 2 is 2.07 bits per heavy atom. The third kappa shape index (κ3) is 2.48. The standard InChI is InChI=1S/C13H22O/c1-10(2)8-13(14)7-6-12(4,5)9-11(13)3/h9,14H,1,6-8H2,2-5H3/t13-/m1/s1. The van der Waals surface area contributed by atoms with Crippen molar-refractivity contribution in [3.63, 3.8) is 0 Å². The maximum Gasteiger partial charge on any atom is 0.0891 e. The van der Waals surface area contributed by atoms with Gasteiger partial charge < -0.3 is 5.11 Å². The van der Waals surface area contributed by atoms with Crippen molar-refractivity contribution < 1.29 is 5.11 Å². The summed E-state index contributed by atoms with van der Waals surface area (Å²) >= 11 is 0. The van der Waals surface area contributed by atoms with Crippen molar-refractivity contribution in [3.8, 4) is 0 Å². The second-order valence-electron chi connectivity index (χ2n) is 5.48. The van der Waals surface area contributed by atoms with Crippen molar-refractivity contribution in [1.82, 2.24) is 0 Å². The van der Waals surface area contributed by atoms with Crippen LogP contribution in [0.3, 0.4) is 0 Å². The minimum Gasteiger partial charge on any atom is -0.385 e. The average Bonchev–Trinajstić information content (AvgIpc) is 1.97. The average molecular weight is 194 g/mol. The first-order chi connectivity index (χ1) is 6.25. The van der Waals surface area contributed by atoms with Crippen LogP contribution in [0.5, 0.6) is 0 Å². The number of hydrogen-bond acceptors (Lipinski definition) is 1. The van der Waals surface area contributed by atoms with Gasteiger partial charge in [0.05, 0.1) is 5.60 Å². The molecule has 0 fully saturated rings. The molecule has 0 aromatic heterocycles. The molecule has 80 valence electrons. The quantitative estimate of drug-likeness (QED) is 0.667. The number of hydrogen-bond donors (Lipinski definition) is 1. The molecule has 1 heteroatoms. The summed E-state index contributed by atoms with van der Waals surface area (Å²) in [6.07, 6.45) is 4.81. The molecule has 0 heterocycles. The van der Waals surface area contributed by atoms with Crippen LogP contribution in [-0.2, 0) is 0 Å². The molecule has 0 saturated heterocycles. The van der Waals surface area contributed by atoms with Gasteiger partial charge >= 0.3 is 0 Å². The minimum absolute atomic E-state index is 0.241. The van der Waals surface area contributed by atoms with Crippen LogP contribution in [-0.4, -0.2) is 10.7 Å². The monoisotopic (exact) mass is 194 g/mol. The van der Waals surface area contributed by atoms with Crippen molar-refractivity contribution >= 4 is 0 Å². The Bertz CT molecular complexity index is 273. The Hall–Kier alpha value is -0.560. The molecule has 0 aromatic rings. The fourth-order valence-electron chi connectivity index (χ4n) is 2.25. The van der Waals surface area contributed by atoms with Gasteiger partial charge in [-0.1, -0.05) is 25.5 Å². The molecule has 1 atom stereocenters. The normalized spacial score (nSPS) is 31.1. The summed E-state index contributed by atoms with van der Waals surface area (Å²) in [4.78, 5) is 0. The highest BCUT2D eigenvalue weighted by atomic mass is 16.3. The predicted molar refractivity (Wildman–Crippen MR) is 61.2 cm³/mol. The molecular weight excluding hydrogens is 172 g/mol. The zero-order valence-electron chi connectivity index (χ0n) is 9.85. The minimum atomic E-state index is -0.624. The molecule has 0 radical (unpaired) electrons. The summed E-state index contributed by atoms with van der Waals surface area (Å²) in [6.45, 7) is 12.3. The van der Waals surface area contributed by atoms with E-state index >= 15 is 0 Å². The van der Waals surface area contributed by atoms with Gasteiger partial charge in [0.2, 0.25) is 0 Å². The van der Waals surface area contributed by atoms with Crippen molar-refractivity contribution in [3.05, 3.63) is 23.8 Å². The van der Waals surface area contributed by atoms with Crippen LogP contribution in [0.1, 0.15) is 47.0 Å². The smallest absolute Gasteiger partial charge is 0.0891 e. The second-order valence-corrected chi connectivity index (χ2v) is 5.48. The summed E-state index contributed by atoms with van der Waals surface area (Å²) in [5, 5.41) is 10.4. The van der Waals surface area contributed by atoms with E-state index in [1.807, 2.05) is 13.8 Å². The number of rotatable bonds is 2. The van der Waals surface area contributed by atoms with Gasteiger partial charge in [-0.3, -0.25) is 0 Å². The highest BCUT2D eigenvalue weighted by Gasteiger charge is 2.36. The molecule has 1 aliphatic rings. The summed E-state index contributed by atoms with van der Waals surface area (Å²) in [7, 11) is 0. The molecule has 1 rings (SSSR count). The first-order valence-electron chi connectivity index (χ1n) is 5.32. The Kier molecular flexibility index (Phi) is 2.91. The summed E-state index contributed by atoms with van der Waals surface area (Å²) < 4.78 is 0. The Morgan fingerprint density at radius 3 is 2.50 bits per heavy atom. The van der Waals surface area contributed by atoms with Crippen LogP contribution in [0.4, 0.5) is 0 Å². The van der Waals surface area contributed by atoms with Crippen LogP contribution in [0, 0.1) is 5.41 Å². The molecule has 14 heavy (non-hydrogen) atoms. The van der Waals surface area contributed by atoms with Crippen molar-refractivity contribution in [2.75, 3.05) is 0 Å². The maximum atomic E-state index is 10.4.